The fourth-order valence-electron chi connectivity index (χ4n) is 1.33. The molecule has 0 aliphatic heterocycles. The zero-order chi connectivity index (χ0) is 11.5. The van der Waals surface area contributed by atoms with Crippen molar-refractivity contribution in [3.8, 4) is 0 Å². The van der Waals surface area contributed by atoms with Crippen LogP contribution >= 0.6 is 11.8 Å². The van der Waals surface area contributed by atoms with Crippen molar-refractivity contribution in [3.05, 3.63) is 36.4 Å². The quantitative estimate of drug-likeness (QED) is 0.630. The molecule has 0 spiro atoms. The first-order valence-corrected chi connectivity index (χ1v) is 5.66. The van der Waals surface area contributed by atoms with Crippen LogP contribution in [0, 0.1) is 0 Å². The number of aromatic nitrogens is 2. The number of hydrogen-bond donors (Lipinski definition) is 2. The first-order valence-electron chi connectivity index (χ1n) is 4.67. The molecule has 0 unspecified atom stereocenters. The Labute approximate surface area is 96.4 Å². The Hall–Kier alpha value is -1.75. The lowest BCUT2D eigenvalue weighted by molar-refractivity contribution is 0.0697. The van der Waals surface area contributed by atoms with E-state index in [1.807, 2.05) is 0 Å². The van der Waals surface area contributed by atoms with Crippen molar-refractivity contribution in [1.29, 1.82) is 0 Å². The number of fused-ring (bicyclic) bond motifs is 1. The lowest BCUT2D eigenvalue weighted by Crippen LogP contribution is -1.94. The van der Waals surface area contributed by atoms with E-state index < -0.39 is 5.97 Å². The van der Waals surface area contributed by atoms with Gasteiger partial charge in [-0.3, -0.25) is 0 Å². The predicted octanol–water partition coefficient (Wildman–Crippen LogP) is 2.54. The maximum absolute atomic E-state index is 10.8. The standard InChI is InChI=1S/C11H10N2O2S/c1-2-5-16-11-12-8-4-3-7(10(14)15)6-9(8)13-11/h2-4,6H,1,5H2,(H,12,13)(H,14,15). The monoisotopic (exact) mass is 234 g/mol. The third kappa shape index (κ3) is 2.09. The summed E-state index contributed by atoms with van der Waals surface area (Å²) in [7, 11) is 0. The van der Waals surface area contributed by atoms with Gasteiger partial charge in [-0.2, -0.15) is 0 Å². The Bertz CT molecular complexity index is 548. The number of imidazole rings is 1. The summed E-state index contributed by atoms with van der Waals surface area (Å²) >= 11 is 1.53. The second-order valence-electron chi connectivity index (χ2n) is 3.18. The summed E-state index contributed by atoms with van der Waals surface area (Å²) in [6.07, 6.45) is 1.79. The van der Waals surface area contributed by atoms with Gasteiger partial charge in [-0.15, -0.1) is 6.58 Å². The van der Waals surface area contributed by atoms with E-state index in [4.69, 9.17) is 5.11 Å². The normalized spacial score (nSPS) is 10.5. The molecule has 0 atom stereocenters. The number of aromatic amines is 1. The molecule has 0 aliphatic rings. The van der Waals surface area contributed by atoms with Gasteiger partial charge < -0.3 is 10.1 Å². The minimum atomic E-state index is -0.934. The lowest BCUT2D eigenvalue weighted by atomic mass is 10.2. The van der Waals surface area contributed by atoms with Gasteiger partial charge in [-0.05, 0) is 18.2 Å². The number of carbonyl (C=O) groups is 1. The number of rotatable bonds is 4. The Morgan fingerprint density at radius 3 is 3.12 bits per heavy atom. The first-order chi connectivity index (χ1) is 7.70. The van der Waals surface area contributed by atoms with Crippen molar-refractivity contribution in [2.45, 2.75) is 5.16 Å². The summed E-state index contributed by atoms with van der Waals surface area (Å²) in [5.74, 6) is -0.164. The van der Waals surface area contributed by atoms with E-state index in [9.17, 15) is 4.79 Å². The maximum Gasteiger partial charge on any atom is 0.335 e. The summed E-state index contributed by atoms with van der Waals surface area (Å²) in [5, 5.41) is 9.62. The molecule has 1 heterocycles. The smallest absolute Gasteiger partial charge is 0.335 e. The molecule has 0 amide bonds. The summed E-state index contributed by atoms with van der Waals surface area (Å²) in [6, 6.07) is 4.84. The minimum absolute atomic E-state index is 0.261. The maximum atomic E-state index is 10.8. The van der Waals surface area contributed by atoms with Crippen molar-refractivity contribution in [3.63, 3.8) is 0 Å². The number of thioether (sulfide) groups is 1. The molecule has 82 valence electrons. The van der Waals surface area contributed by atoms with Crippen LogP contribution in [0.4, 0.5) is 0 Å². The minimum Gasteiger partial charge on any atom is -0.478 e. The van der Waals surface area contributed by atoms with Gasteiger partial charge in [0.05, 0.1) is 16.6 Å². The van der Waals surface area contributed by atoms with E-state index >= 15 is 0 Å². The Morgan fingerprint density at radius 2 is 2.44 bits per heavy atom. The zero-order valence-electron chi connectivity index (χ0n) is 8.43. The van der Waals surface area contributed by atoms with Crippen molar-refractivity contribution in [1.82, 2.24) is 9.97 Å². The molecule has 2 rings (SSSR count). The fourth-order valence-corrected chi connectivity index (χ4v) is 1.95. The van der Waals surface area contributed by atoms with Crippen LogP contribution in [0.5, 0.6) is 0 Å². The Morgan fingerprint density at radius 1 is 1.62 bits per heavy atom. The van der Waals surface area contributed by atoms with Gasteiger partial charge in [0.15, 0.2) is 5.16 Å². The van der Waals surface area contributed by atoms with Crippen LogP contribution in [0.25, 0.3) is 11.0 Å². The highest BCUT2D eigenvalue weighted by molar-refractivity contribution is 7.99. The molecule has 4 nitrogen and oxygen atoms in total. The van der Waals surface area contributed by atoms with Crippen LogP contribution in [0.15, 0.2) is 36.0 Å². The Balaban J connectivity index is 2.37. The molecule has 0 fully saturated rings. The number of carboxylic acid groups (broad SMARTS) is 1. The highest BCUT2D eigenvalue weighted by Crippen LogP contribution is 2.20. The van der Waals surface area contributed by atoms with Crippen molar-refractivity contribution >= 4 is 28.8 Å². The average Bonchev–Trinajstić information content (AvgIpc) is 2.67. The van der Waals surface area contributed by atoms with Crippen LogP contribution in [0.1, 0.15) is 10.4 Å². The van der Waals surface area contributed by atoms with Gasteiger partial charge in [-0.1, -0.05) is 17.8 Å². The first kappa shape index (κ1) is 10.8. The molecule has 0 bridgehead atoms. The SMILES string of the molecule is C=CCSc1nc2ccc(C(=O)O)cc2[nH]1. The third-order valence-electron chi connectivity index (χ3n) is 2.05. The van der Waals surface area contributed by atoms with Gasteiger partial charge in [0.25, 0.3) is 0 Å². The van der Waals surface area contributed by atoms with Crippen LogP contribution in [-0.2, 0) is 0 Å². The molecular weight excluding hydrogens is 224 g/mol. The molecule has 1 aromatic heterocycles. The van der Waals surface area contributed by atoms with E-state index in [0.29, 0.717) is 0 Å². The molecule has 0 radical (unpaired) electrons. The molecule has 16 heavy (non-hydrogen) atoms. The second kappa shape index (κ2) is 4.40. The van der Waals surface area contributed by atoms with Crippen molar-refractivity contribution in [2.24, 2.45) is 0 Å². The summed E-state index contributed by atoms with van der Waals surface area (Å²) in [6.45, 7) is 3.63. The van der Waals surface area contributed by atoms with E-state index in [0.717, 1.165) is 21.9 Å². The van der Waals surface area contributed by atoms with Crippen LogP contribution < -0.4 is 0 Å². The highest BCUT2D eigenvalue weighted by atomic mass is 32.2. The number of hydrogen-bond acceptors (Lipinski definition) is 3. The predicted molar refractivity (Wildman–Crippen MR) is 64.0 cm³/mol. The van der Waals surface area contributed by atoms with E-state index in [-0.39, 0.29) is 5.56 Å². The summed E-state index contributed by atoms with van der Waals surface area (Å²) < 4.78 is 0. The zero-order valence-corrected chi connectivity index (χ0v) is 9.25. The number of nitrogens with one attached hydrogen (secondary N) is 1. The van der Waals surface area contributed by atoms with E-state index in [2.05, 4.69) is 16.5 Å². The third-order valence-corrected chi connectivity index (χ3v) is 2.91. The Kier molecular flexibility index (Phi) is 2.96. The molecule has 0 saturated heterocycles. The van der Waals surface area contributed by atoms with Crippen molar-refractivity contribution in [2.75, 3.05) is 5.75 Å². The number of carboxylic acids is 1. The largest absolute Gasteiger partial charge is 0.478 e. The lowest BCUT2D eigenvalue weighted by Gasteiger charge is -1.92. The van der Waals surface area contributed by atoms with Crippen LogP contribution in [-0.4, -0.2) is 26.8 Å². The summed E-state index contributed by atoms with van der Waals surface area (Å²) in [4.78, 5) is 18.2. The molecular formula is C11H10N2O2S. The molecule has 2 N–H and O–H groups in total. The summed E-state index contributed by atoms with van der Waals surface area (Å²) in [5.41, 5.74) is 1.78. The highest BCUT2D eigenvalue weighted by Gasteiger charge is 2.07. The fraction of sp³-hybridized carbons (Fsp3) is 0.0909. The second-order valence-corrected chi connectivity index (χ2v) is 4.19. The van der Waals surface area contributed by atoms with Gasteiger partial charge >= 0.3 is 5.97 Å². The topological polar surface area (TPSA) is 66.0 Å². The number of aromatic carboxylic acids is 1. The van der Waals surface area contributed by atoms with E-state index in [1.54, 1.807) is 24.3 Å². The number of nitrogens with zero attached hydrogens (tertiary/aromatic N) is 1. The molecule has 1 aromatic carbocycles. The molecule has 2 aromatic rings. The number of benzene rings is 1. The average molecular weight is 234 g/mol. The van der Waals surface area contributed by atoms with E-state index in [1.165, 1.54) is 11.8 Å². The van der Waals surface area contributed by atoms with Gasteiger partial charge in [0.2, 0.25) is 0 Å². The molecule has 5 heteroatoms. The van der Waals surface area contributed by atoms with Gasteiger partial charge in [-0.25, -0.2) is 9.78 Å². The van der Waals surface area contributed by atoms with Gasteiger partial charge in [0.1, 0.15) is 0 Å². The molecule has 0 aliphatic carbocycles. The molecule has 0 saturated carbocycles. The number of H-pyrrole nitrogens is 1. The van der Waals surface area contributed by atoms with Crippen LogP contribution in [0.2, 0.25) is 0 Å². The van der Waals surface area contributed by atoms with Gasteiger partial charge in [0, 0.05) is 5.75 Å². The van der Waals surface area contributed by atoms with Crippen molar-refractivity contribution < 1.29 is 9.90 Å². The van der Waals surface area contributed by atoms with Crippen LogP contribution in [0.3, 0.4) is 0 Å².